The summed E-state index contributed by atoms with van der Waals surface area (Å²) in [5.41, 5.74) is 1.84. The van der Waals surface area contributed by atoms with Crippen molar-refractivity contribution in [1.82, 2.24) is 30.4 Å². The molecular weight excluding hydrogens is 505 g/mol. The highest BCUT2D eigenvalue weighted by Crippen LogP contribution is 2.31. The SMILES string of the molecule is CCC(C)c1cnc(Nc2cc(-c3cc(C)c([C@@H](C)NC(=O)c4nc(C(C)(C)C)no4)cc3F)ncn2)s1. The topological polar surface area (TPSA) is 119 Å². The number of nitrogens with zero attached hydrogens (tertiary/aromatic N) is 5. The zero-order valence-electron chi connectivity index (χ0n) is 22.6. The van der Waals surface area contributed by atoms with Crippen molar-refractivity contribution in [3.8, 4) is 11.3 Å². The van der Waals surface area contributed by atoms with Gasteiger partial charge in [0.1, 0.15) is 18.0 Å². The molecule has 0 bridgehead atoms. The Balaban J connectivity index is 1.51. The van der Waals surface area contributed by atoms with Gasteiger partial charge in [0.05, 0.1) is 11.7 Å². The molecule has 1 aromatic carbocycles. The van der Waals surface area contributed by atoms with E-state index < -0.39 is 17.8 Å². The Kier molecular flexibility index (Phi) is 7.86. The molecule has 0 fully saturated rings. The summed E-state index contributed by atoms with van der Waals surface area (Å²) in [4.78, 5) is 31.0. The van der Waals surface area contributed by atoms with E-state index in [1.807, 2.05) is 33.9 Å². The lowest BCUT2D eigenvalue weighted by Crippen LogP contribution is -2.27. The van der Waals surface area contributed by atoms with Gasteiger partial charge in [-0.1, -0.05) is 39.8 Å². The van der Waals surface area contributed by atoms with E-state index in [0.717, 1.165) is 17.1 Å². The number of rotatable bonds is 8. The molecule has 38 heavy (non-hydrogen) atoms. The molecule has 3 aromatic heterocycles. The van der Waals surface area contributed by atoms with Gasteiger partial charge in [-0.2, -0.15) is 4.98 Å². The zero-order chi connectivity index (χ0) is 27.6. The highest BCUT2D eigenvalue weighted by Gasteiger charge is 2.25. The van der Waals surface area contributed by atoms with Crippen molar-refractivity contribution in [3.63, 3.8) is 0 Å². The molecule has 0 saturated carbocycles. The predicted molar refractivity (Wildman–Crippen MR) is 145 cm³/mol. The summed E-state index contributed by atoms with van der Waals surface area (Å²) in [6.45, 7) is 13.7. The molecule has 2 atom stereocenters. The number of hydrogen-bond acceptors (Lipinski definition) is 9. The van der Waals surface area contributed by atoms with Crippen LogP contribution in [0.25, 0.3) is 11.3 Å². The third-order valence-electron chi connectivity index (χ3n) is 6.26. The van der Waals surface area contributed by atoms with Gasteiger partial charge in [0, 0.05) is 28.1 Å². The number of carbonyl (C=O) groups excluding carboxylic acids is 1. The molecule has 0 saturated heterocycles. The van der Waals surface area contributed by atoms with Crippen molar-refractivity contribution in [1.29, 1.82) is 0 Å². The Bertz CT molecular complexity index is 1440. The monoisotopic (exact) mass is 537 g/mol. The van der Waals surface area contributed by atoms with Crippen LogP contribution >= 0.6 is 11.3 Å². The fourth-order valence-corrected chi connectivity index (χ4v) is 4.73. The zero-order valence-corrected chi connectivity index (χ0v) is 23.4. The first-order chi connectivity index (χ1) is 18.0. The van der Waals surface area contributed by atoms with Gasteiger partial charge in [-0.25, -0.2) is 19.3 Å². The maximum absolute atomic E-state index is 15.3. The second-order valence-corrected chi connectivity index (χ2v) is 11.4. The Morgan fingerprint density at radius 3 is 2.61 bits per heavy atom. The van der Waals surface area contributed by atoms with E-state index >= 15 is 4.39 Å². The molecule has 3 heterocycles. The summed E-state index contributed by atoms with van der Waals surface area (Å²) in [6.07, 6.45) is 4.29. The minimum Gasteiger partial charge on any atom is -0.341 e. The molecule has 11 heteroatoms. The molecule has 1 amide bonds. The van der Waals surface area contributed by atoms with Gasteiger partial charge in [-0.15, -0.1) is 11.3 Å². The quantitative estimate of drug-likeness (QED) is 0.262. The fourth-order valence-electron chi connectivity index (χ4n) is 3.77. The van der Waals surface area contributed by atoms with E-state index in [0.29, 0.717) is 34.4 Å². The van der Waals surface area contributed by atoms with Gasteiger partial charge in [-0.05, 0) is 49.4 Å². The Morgan fingerprint density at radius 2 is 1.92 bits per heavy atom. The van der Waals surface area contributed by atoms with Crippen molar-refractivity contribution >= 4 is 28.2 Å². The normalized spacial score (nSPS) is 13.3. The lowest BCUT2D eigenvalue weighted by atomic mass is 9.96. The van der Waals surface area contributed by atoms with Gasteiger partial charge in [0.2, 0.25) is 0 Å². The molecule has 0 radical (unpaired) electrons. The van der Waals surface area contributed by atoms with E-state index in [4.69, 9.17) is 4.52 Å². The summed E-state index contributed by atoms with van der Waals surface area (Å²) in [7, 11) is 0. The van der Waals surface area contributed by atoms with E-state index in [1.54, 1.807) is 30.4 Å². The molecule has 4 rings (SSSR count). The molecule has 0 aliphatic rings. The number of thiazole rings is 1. The Hall–Kier alpha value is -3.73. The van der Waals surface area contributed by atoms with Gasteiger partial charge < -0.3 is 15.2 Å². The van der Waals surface area contributed by atoms with Crippen LogP contribution < -0.4 is 10.6 Å². The summed E-state index contributed by atoms with van der Waals surface area (Å²) in [6, 6.07) is 4.32. The summed E-state index contributed by atoms with van der Waals surface area (Å²) in [5, 5.41) is 10.6. The van der Waals surface area contributed by atoms with Crippen LogP contribution in [0, 0.1) is 12.7 Å². The molecule has 0 aliphatic heterocycles. The van der Waals surface area contributed by atoms with Crippen molar-refractivity contribution in [2.75, 3.05) is 5.32 Å². The molecule has 9 nitrogen and oxygen atoms in total. The maximum atomic E-state index is 15.3. The highest BCUT2D eigenvalue weighted by atomic mass is 32.1. The van der Waals surface area contributed by atoms with Crippen LogP contribution in [0.3, 0.4) is 0 Å². The standard InChI is InChI=1S/C27H32FN7O2S/c1-8-14(2)21-12-29-26(38-21)33-22-11-20(30-13-31-22)18-9-15(3)17(10-19(18)28)16(4)32-23(36)24-34-25(35-37-24)27(5,6)7/h9-14,16H,8H2,1-7H3,(H,32,36)(H,29,30,31,33)/t14?,16-/m1/s1. The van der Waals surface area contributed by atoms with Crippen LogP contribution in [0.2, 0.25) is 0 Å². The van der Waals surface area contributed by atoms with E-state index in [9.17, 15) is 4.79 Å². The van der Waals surface area contributed by atoms with E-state index in [-0.39, 0.29) is 11.3 Å². The molecule has 0 aliphatic carbocycles. The minimum absolute atomic E-state index is 0.131. The number of carbonyl (C=O) groups is 1. The molecule has 0 spiro atoms. The number of halogens is 1. The summed E-state index contributed by atoms with van der Waals surface area (Å²) >= 11 is 1.57. The lowest BCUT2D eigenvalue weighted by molar-refractivity contribution is 0.0895. The average molecular weight is 538 g/mol. The van der Waals surface area contributed by atoms with Crippen molar-refractivity contribution in [3.05, 3.63) is 64.3 Å². The smallest absolute Gasteiger partial charge is 0.315 e. The molecule has 2 N–H and O–H groups in total. The number of hydrogen-bond donors (Lipinski definition) is 2. The van der Waals surface area contributed by atoms with Crippen LogP contribution in [0.1, 0.15) is 92.4 Å². The van der Waals surface area contributed by atoms with Gasteiger partial charge in [-0.3, -0.25) is 4.79 Å². The third kappa shape index (κ3) is 6.04. The van der Waals surface area contributed by atoms with Gasteiger partial charge >= 0.3 is 11.8 Å². The van der Waals surface area contributed by atoms with Gasteiger partial charge in [0.25, 0.3) is 0 Å². The summed E-state index contributed by atoms with van der Waals surface area (Å²) in [5.74, 6) is 0.281. The number of anilines is 2. The van der Waals surface area contributed by atoms with Crippen molar-refractivity contribution in [2.24, 2.45) is 0 Å². The number of nitrogens with one attached hydrogen (secondary N) is 2. The molecular formula is C27H32FN7O2S. The van der Waals surface area contributed by atoms with Crippen LogP contribution in [0.5, 0.6) is 0 Å². The number of aryl methyl sites for hydroxylation is 1. The second kappa shape index (κ2) is 10.9. The third-order valence-corrected chi connectivity index (χ3v) is 7.40. The fraction of sp³-hybridized carbons (Fsp3) is 0.407. The first-order valence-electron chi connectivity index (χ1n) is 12.5. The van der Waals surface area contributed by atoms with E-state index in [1.165, 1.54) is 17.3 Å². The molecule has 200 valence electrons. The van der Waals surface area contributed by atoms with Gasteiger partial charge in [0.15, 0.2) is 11.0 Å². The van der Waals surface area contributed by atoms with Crippen LogP contribution in [0.4, 0.5) is 15.3 Å². The Morgan fingerprint density at radius 1 is 1.16 bits per heavy atom. The number of aromatic nitrogens is 5. The predicted octanol–water partition coefficient (Wildman–Crippen LogP) is 6.48. The summed E-state index contributed by atoms with van der Waals surface area (Å²) < 4.78 is 20.4. The largest absolute Gasteiger partial charge is 0.341 e. The van der Waals surface area contributed by atoms with Crippen molar-refractivity contribution in [2.45, 2.75) is 72.3 Å². The molecule has 4 aromatic rings. The first kappa shape index (κ1) is 27.3. The van der Waals surface area contributed by atoms with E-state index in [2.05, 4.69) is 49.6 Å². The van der Waals surface area contributed by atoms with Crippen molar-refractivity contribution < 1.29 is 13.7 Å². The van der Waals surface area contributed by atoms with Crippen LogP contribution in [-0.4, -0.2) is 31.0 Å². The van der Waals surface area contributed by atoms with Crippen LogP contribution in [0.15, 0.2) is 35.2 Å². The Labute approximate surface area is 225 Å². The lowest BCUT2D eigenvalue weighted by Gasteiger charge is -2.17. The number of amides is 1. The minimum atomic E-state index is -0.519. The second-order valence-electron chi connectivity index (χ2n) is 10.3. The highest BCUT2D eigenvalue weighted by molar-refractivity contribution is 7.15. The first-order valence-corrected chi connectivity index (χ1v) is 13.3. The van der Waals surface area contributed by atoms with Crippen LogP contribution in [-0.2, 0) is 5.41 Å². The molecule has 1 unspecified atom stereocenters. The number of benzene rings is 1. The maximum Gasteiger partial charge on any atom is 0.315 e. The average Bonchev–Trinajstić information content (AvgIpc) is 3.55.